The van der Waals surface area contributed by atoms with Gasteiger partial charge in [0.05, 0.1) is 18.3 Å². The molecule has 0 spiro atoms. The van der Waals surface area contributed by atoms with Gasteiger partial charge in [-0.15, -0.1) is 0 Å². The average Bonchev–Trinajstić information content (AvgIpc) is 3.26. The molecule has 0 aromatic carbocycles. The Kier molecular flexibility index (Phi) is 20.1. The normalized spacial score (nSPS) is 40.1. The van der Waals surface area contributed by atoms with Crippen LogP contribution in [0.3, 0.4) is 0 Å². The van der Waals surface area contributed by atoms with E-state index in [1.807, 2.05) is 58.1 Å². The van der Waals surface area contributed by atoms with Gasteiger partial charge in [-0.2, -0.15) is 0 Å². The van der Waals surface area contributed by atoms with Crippen molar-refractivity contribution in [1.82, 2.24) is 4.90 Å². The number of carbonyl (C=O) groups excluding carboxylic acids is 5. The molecule has 354 valence electrons. The molecule has 3 heterocycles. The van der Waals surface area contributed by atoms with E-state index in [0.717, 1.165) is 12.0 Å². The molecule has 2 saturated heterocycles. The number of aliphatic hydroxyl groups is 3. The molecule has 0 radical (unpaired) electrons. The molecule has 4 aliphatic rings. The molecule has 13 nitrogen and oxygen atoms in total. The van der Waals surface area contributed by atoms with Crippen molar-refractivity contribution in [1.29, 1.82) is 0 Å². The molecule has 7 unspecified atom stereocenters. The van der Waals surface area contributed by atoms with Gasteiger partial charge in [-0.05, 0) is 114 Å². The van der Waals surface area contributed by atoms with Gasteiger partial charge >= 0.3 is 5.97 Å². The summed E-state index contributed by atoms with van der Waals surface area (Å²) in [6.45, 7) is 12.9. The summed E-state index contributed by atoms with van der Waals surface area (Å²) in [5, 5.41) is 33.7. The second kappa shape index (κ2) is 24.3. The number of ketones is 3. The number of esters is 1. The maximum atomic E-state index is 14.3. The highest BCUT2D eigenvalue weighted by molar-refractivity contribution is 6.39. The maximum absolute atomic E-state index is 14.3. The first-order valence-electron chi connectivity index (χ1n) is 23.4. The summed E-state index contributed by atoms with van der Waals surface area (Å²) in [4.78, 5) is 71.4. The first kappa shape index (κ1) is 52.3. The Morgan fingerprint density at radius 1 is 0.889 bits per heavy atom. The van der Waals surface area contributed by atoms with Crippen LogP contribution in [0.25, 0.3) is 0 Å². The van der Waals surface area contributed by atoms with Crippen LogP contribution in [-0.4, -0.2) is 119 Å². The van der Waals surface area contributed by atoms with Crippen LogP contribution >= 0.6 is 0 Å². The van der Waals surface area contributed by atoms with E-state index in [9.17, 15) is 39.3 Å². The van der Waals surface area contributed by atoms with E-state index in [-0.39, 0.29) is 54.8 Å². The summed E-state index contributed by atoms with van der Waals surface area (Å²) in [7, 11) is 2.95. The van der Waals surface area contributed by atoms with Crippen LogP contribution in [0.4, 0.5) is 0 Å². The third kappa shape index (κ3) is 14.1. The quantitative estimate of drug-likeness (QED) is 0.154. The fourth-order valence-electron chi connectivity index (χ4n) is 9.82. The second-order valence-corrected chi connectivity index (χ2v) is 19.3. The Balaban J connectivity index is 1.67. The van der Waals surface area contributed by atoms with Gasteiger partial charge < -0.3 is 39.2 Å². The number of allylic oxidation sites excluding steroid dienone is 7. The Morgan fingerprint density at radius 2 is 1.62 bits per heavy atom. The zero-order valence-electron chi connectivity index (χ0n) is 39.3. The van der Waals surface area contributed by atoms with E-state index in [1.54, 1.807) is 34.0 Å². The number of rotatable bonds is 5. The number of nitrogens with zero attached hydrogens (tertiary/aromatic N) is 1. The molecule has 0 aromatic heterocycles. The number of ether oxygens (including phenoxy) is 4. The van der Waals surface area contributed by atoms with E-state index in [2.05, 4.69) is 0 Å². The molecule has 3 fully saturated rings. The van der Waals surface area contributed by atoms with Gasteiger partial charge in [0, 0.05) is 44.9 Å². The lowest BCUT2D eigenvalue weighted by Crippen LogP contribution is -2.60. The zero-order chi connectivity index (χ0) is 46.6. The summed E-state index contributed by atoms with van der Waals surface area (Å²) in [5.41, 5.74) is 1.46. The van der Waals surface area contributed by atoms with Gasteiger partial charge in [-0.25, -0.2) is 4.79 Å². The Hall–Kier alpha value is -3.33. The zero-order valence-corrected chi connectivity index (χ0v) is 39.3. The van der Waals surface area contributed by atoms with Crippen molar-refractivity contribution in [3.05, 3.63) is 47.6 Å². The van der Waals surface area contributed by atoms with E-state index in [4.69, 9.17) is 18.9 Å². The van der Waals surface area contributed by atoms with Gasteiger partial charge in [0.15, 0.2) is 5.78 Å². The van der Waals surface area contributed by atoms with E-state index >= 15 is 0 Å². The number of fused-ring (bicyclic) bond motifs is 3. The lowest BCUT2D eigenvalue weighted by Gasteiger charge is -2.42. The van der Waals surface area contributed by atoms with Gasteiger partial charge in [0.2, 0.25) is 5.79 Å². The molecule has 63 heavy (non-hydrogen) atoms. The minimum Gasteiger partial charge on any atom is -0.460 e. The van der Waals surface area contributed by atoms with Crippen LogP contribution in [-0.2, 0) is 42.9 Å². The molecule has 0 aromatic rings. The first-order valence-corrected chi connectivity index (χ1v) is 23.4. The molecule has 3 aliphatic heterocycles. The predicted octanol–water partition coefficient (Wildman–Crippen LogP) is 6.56. The van der Waals surface area contributed by atoms with Crippen molar-refractivity contribution in [3.63, 3.8) is 0 Å². The lowest BCUT2D eigenvalue weighted by molar-refractivity contribution is -0.263. The summed E-state index contributed by atoms with van der Waals surface area (Å²) in [6, 6.07) is -1.11. The fourth-order valence-corrected chi connectivity index (χ4v) is 9.82. The second-order valence-electron chi connectivity index (χ2n) is 19.3. The topological polar surface area (TPSA) is 186 Å². The van der Waals surface area contributed by atoms with Crippen molar-refractivity contribution in [3.8, 4) is 0 Å². The van der Waals surface area contributed by atoms with Crippen molar-refractivity contribution in [2.75, 3.05) is 20.8 Å². The van der Waals surface area contributed by atoms with Crippen LogP contribution in [0, 0.1) is 35.5 Å². The molecule has 1 aliphatic carbocycles. The molecule has 1 amide bonds. The number of piperidine rings is 1. The minimum atomic E-state index is -2.36. The van der Waals surface area contributed by atoms with Crippen LogP contribution in [0.5, 0.6) is 0 Å². The predicted molar refractivity (Wildman–Crippen MR) is 239 cm³/mol. The SMILES string of the molecule is COC1CC(C[C@@H](C)[C@@H]2CC(=O)[C@H](C)/C=C(\C)[C@@H](O)C(OC)C(=O)C(C)C[C@H](C)/C=C/C=C/C=C(\C)CC[C@@H]3CCC(C)C(O)(O3)C(=O)C(=O)N3CCCCC3C(=O)O2)CC[C@H]1O. The number of cyclic esters (lactones) is 1. The van der Waals surface area contributed by atoms with Gasteiger partial charge in [-0.1, -0.05) is 76.6 Å². The summed E-state index contributed by atoms with van der Waals surface area (Å²) in [6.07, 6.45) is 13.1. The number of Topliss-reactive ketones (excluding diaryl/α,β-unsaturated/α-hetero) is 3. The van der Waals surface area contributed by atoms with E-state index < -0.39 is 77.8 Å². The van der Waals surface area contributed by atoms with Gasteiger partial charge in [0.1, 0.15) is 30.1 Å². The van der Waals surface area contributed by atoms with Crippen molar-refractivity contribution in [2.24, 2.45) is 35.5 Å². The first-order chi connectivity index (χ1) is 29.8. The highest BCUT2D eigenvalue weighted by Crippen LogP contribution is 2.37. The molecule has 14 atom stereocenters. The number of methoxy groups -OCH3 is 2. The largest absolute Gasteiger partial charge is 0.460 e. The summed E-state index contributed by atoms with van der Waals surface area (Å²) in [5.74, 6) is -7.65. The Morgan fingerprint density at radius 3 is 2.32 bits per heavy atom. The summed E-state index contributed by atoms with van der Waals surface area (Å²) >= 11 is 0. The standard InChI is InChI=1S/C50H77NO12/c1-30-15-11-10-12-16-31(2)25-34(5)44(54)46(61-9)45(55)35(6)26-32(3)41(53)29-42(33(4)27-37-20-23-40(52)43(28-37)60-8)62-49(58)39-17-13-14-24-51(39)48(57)47(56)50(59)36(7)19-22-38(63-50)21-18-30/h10-12,15-16,26,31-34,36-40,42-43,45-46,52,55,59H,13-14,17-25,27-29H2,1-9H3/b11-10+,16-12+,30-15+,35-26+/t31-,32-,33-,34?,36?,37?,38-,39?,40-,42+,43?,45-,46?,50?/m1/s1. The van der Waals surface area contributed by atoms with Crippen molar-refractivity contribution >= 4 is 29.2 Å². The maximum Gasteiger partial charge on any atom is 0.329 e. The highest BCUT2D eigenvalue weighted by atomic mass is 16.6. The molecular weight excluding hydrogens is 807 g/mol. The molecular formula is C50H77NO12. The number of aliphatic hydroxyl groups excluding tert-OH is 2. The third-order valence-electron chi connectivity index (χ3n) is 14.1. The molecule has 13 heteroatoms. The van der Waals surface area contributed by atoms with E-state index in [1.165, 1.54) is 12.0 Å². The number of amides is 1. The summed E-state index contributed by atoms with van der Waals surface area (Å²) < 4.78 is 23.5. The molecule has 1 saturated carbocycles. The van der Waals surface area contributed by atoms with Crippen LogP contribution in [0.1, 0.15) is 132 Å². The lowest BCUT2D eigenvalue weighted by atomic mass is 9.78. The fraction of sp³-hybridized carbons (Fsp3) is 0.740. The molecule has 3 N–H and O–H groups in total. The third-order valence-corrected chi connectivity index (χ3v) is 14.1. The van der Waals surface area contributed by atoms with E-state index in [0.29, 0.717) is 69.8 Å². The number of hydrogen-bond donors (Lipinski definition) is 3. The number of hydrogen-bond acceptors (Lipinski definition) is 12. The Bertz CT molecular complexity index is 1700. The van der Waals surface area contributed by atoms with Crippen LogP contribution < -0.4 is 0 Å². The van der Waals surface area contributed by atoms with Crippen molar-refractivity contribution < 1.29 is 58.2 Å². The monoisotopic (exact) mass is 884 g/mol. The minimum absolute atomic E-state index is 0.0501. The number of carbonyl (C=O) groups is 5. The van der Waals surface area contributed by atoms with Gasteiger partial charge in [-0.3, -0.25) is 19.2 Å². The molecule has 2 bridgehead atoms. The average molecular weight is 884 g/mol. The van der Waals surface area contributed by atoms with Gasteiger partial charge in [0.25, 0.3) is 11.7 Å². The van der Waals surface area contributed by atoms with Crippen LogP contribution in [0.2, 0.25) is 0 Å². The smallest absolute Gasteiger partial charge is 0.329 e. The molecule has 4 rings (SSSR count). The van der Waals surface area contributed by atoms with Crippen LogP contribution in [0.15, 0.2) is 47.6 Å². The highest BCUT2D eigenvalue weighted by Gasteiger charge is 2.53. The van der Waals surface area contributed by atoms with Crippen molar-refractivity contribution in [2.45, 2.75) is 180 Å². The Labute approximate surface area is 375 Å².